The zero-order chi connectivity index (χ0) is 18.6. The molecule has 0 aliphatic heterocycles. The van der Waals surface area contributed by atoms with E-state index in [0.717, 1.165) is 21.5 Å². The molecule has 4 rings (SSSR count). The van der Waals surface area contributed by atoms with E-state index in [-0.39, 0.29) is 11.9 Å². The molecule has 4 aromatic rings. The van der Waals surface area contributed by atoms with Gasteiger partial charge in [0.05, 0.1) is 34.0 Å². The van der Waals surface area contributed by atoms with E-state index in [2.05, 4.69) is 29.0 Å². The Morgan fingerprint density at radius 3 is 2.63 bits per heavy atom. The maximum absolute atomic E-state index is 13.4. The highest BCUT2D eigenvalue weighted by molar-refractivity contribution is 7.16. The van der Waals surface area contributed by atoms with Crippen LogP contribution in [0, 0.1) is 0 Å². The SMILES string of the molecule is C[C@@H](c1ccccc1)N(Cc1ccccn1)C(=O)c1ccc2ncsc2c1. The summed E-state index contributed by atoms with van der Waals surface area (Å²) in [7, 11) is 0. The van der Waals surface area contributed by atoms with Crippen LogP contribution >= 0.6 is 11.3 Å². The lowest BCUT2D eigenvalue weighted by molar-refractivity contribution is 0.0671. The number of aromatic nitrogens is 2. The quantitative estimate of drug-likeness (QED) is 0.489. The number of pyridine rings is 1. The van der Waals surface area contributed by atoms with Crippen LogP contribution in [0.25, 0.3) is 10.2 Å². The van der Waals surface area contributed by atoms with Gasteiger partial charge in [-0.05, 0) is 42.8 Å². The first-order chi connectivity index (χ1) is 13.2. The fourth-order valence-electron chi connectivity index (χ4n) is 3.12. The van der Waals surface area contributed by atoms with E-state index in [4.69, 9.17) is 0 Å². The highest BCUT2D eigenvalue weighted by atomic mass is 32.1. The van der Waals surface area contributed by atoms with Gasteiger partial charge >= 0.3 is 0 Å². The molecule has 134 valence electrons. The number of carbonyl (C=O) groups is 1. The second-order valence-electron chi connectivity index (χ2n) is 6.38. The van der Waals surface area contributed by atoms with Crippen LogP contribution in [0.2, 0.25) is 0 Å². The van der Waals surface area contributed by atoms with E-state index >= 15 is 0 Å². The van der Waals surface area contributed by atoms with Crippen molar-refractivity contribution in [3.63, 3.8) is 0 Å². The van der Waals surface area contributed by atoms with Gasteiger partial charge in [0, 0.05) is 11.8 Å². The lowest BCUT2D eigenvalue weighted by atomic mass is 10.0. The molecular weight excluding hydrogens is 354 g/mol. The zero-order valence-electron chi connectivity index (χ0n) is 14.9. The van der Waals surface area contributed by atoms with Gasteiger partial charge in [0.2, 0.25) is 0 Å². The van der Waals surface area contributed by atoms with Crippen LogP contribution in [0.3, 0.4) is 0 Å². The first-order valence-electron chi connectivity index (χ1n) is 8.81. The van der Waals surface area contributed by atoms with Crippen molar-refractivity contribution >= 4 is 27.5 Å². The summed E-state index contributed by atoms with van der Waals surface area (Å²) in [5.74, 6) is -0.00712. The summed E-state index contributed by atoms with van der Waals surface area (Å²) in [6.45, 7) is 2.51. The molecule has 2 heterocycles. The number of hydrogen-bond donors (Lipinski definition) is 0. The maximum Gasteiger partial charge on any atom is 0.254 e. The molecule has 2 aromatic heterocycles. The molecule has 0 aliphatic rings. The van der Waals surface area contributed by atoms with Crippen LogP contribution in [-0.4, -0.2) is 20.8 Å². The van der Waals surface area contributed by atoms with Gasteiger partial charge in [-0.1, -0.05) is 36.4 Å². The van der Waals surface area contributed by atoms with Crippen LogP contribution in [0.1, 0.15) is 34.6 Å². The number of fused-ring (bicyclic) bond motifs is 1. The Hall–Kier alpha value is -3.05. The fourth-order valence-corrected chi connectivity index (χ4v) is 3.83. The summed E-state index contributed by atoms with van der Waals surface area (Å²) >= 11 is 1.55. The minimum absolute atomic E-state index is 0.00712. The normalized spacial score (nSPS) is 12.0. The molecule has 0 spiro atoms. The van der Waals surface area contributed by atoms with Crippen LogP contribution in [0.5, 0.6) is 0 Å². The highest BCUT2D eigenvalue weighted by Crippen LogP contribution is 2.26. The van der Waals surface area contributed by atoms with Gasteiger partial charge < -0.3 is 4.90 Å². The third kappa shape index (κ3) is 3.73. The molecule has 4 nitrogen and oxygen atoms in total. The van der Waals surface area contributed by atoms with E-state index in [1.807, 2.05) is 59.5 Å². The third-order valence-electron chi connectivity index (χ3n) is 4.65. The third-order valence-corrected chi connectivity index (χ3v) is 5.44. The molecule has 0 fully saturated rings. The summed E-state index contributed by atoms with van der Waals surface area (Å²) in [4.78, 5) is 24.0. The average Bonchev–Trinajstić information content (AvgIpc) is 3.20. The van der Waals surface area contributed by atoms with Gasteiger partial charge in [0.15, 0.2) is 0 Å². The fraction of sp³-hybridized carbons (Fsp3) is 0.136. The Morgan fingerprint density at radius 1 is 1.04 bits per heavy atom. The predicted octanol–water partition coefficient (Wildman–Crippen LogP) is 5.09. The van der Waals surface area contributed by atoms with Crippen molar-refractivity contribution in [2.75, 3.05) is 0 Å². The molecule has 2 aromatic carbocycles. The minimum atomic E-state index is -0.0714. The molecule has 0 saturated heterocycles. The summed E-state index contributed by atoms with van der Waals surface area (Å²) < 4.78 is 1.02. The molecule has 1 amide bonds. The second-order valence-corrected chi connectivity index (χ2v) is 7.26. The Kier molecular flexibility index (Phi) is 4.94. The molecule has 27 heavy (non-hydrogen) atoms. The number of benzene rings is 2. The number of amides is 1. The van der Waals surface area contributed by atoms with Crippen molar-refractivity contribution in [1.82, 2.24) is 14.9 Å². The van der Waals surface area contributed by atoms with Gasteiger partial charge in [-0.3, -0.25) is 9.78 Å². The van der Waals surface area contributed by atoms with Crippen LogP contribution < -0.4 is 0 Å². The average molecular weight is 373 g/mol. The monoisotopic (exact) mass is 373 g/mol. The van der Waals surface area contributed by atoms with E-state index < -0.39 is 0 Å². The van der Waals surface area contributed by atoms with Crippen molar-refractivity contribution in [1.29, 1.82) is 0 Å². The Morgan fingerprint density at radius 2 is 1.85 bits per heavy atom. The van der Waals surface area contributed by atoms with Gasteiger partial charge in [0.25, 0.3) is 5.91 Å². The number of carbonyl (C=O) groups excluding carboxylic acids is 1. The van der Waals surface area contributed by atoms with E-state index in [0.29, 0.717) is 12.1 Å². The van der Waals surface area contributed by atoms with Crippen LogP contribution in [-0.2, 0) is 6.54 Å². The minimum Gasteiger partial charge on any atom is -0.326 e. The van der Waals surface area contributed by atoms with E-state index in [1.54, 1.807) is 23.0 Å². The van der Waals surface area contributed by atoms with Crippen molar-refractivity contribution in [2.45, 2.75) is 19.5 Å². The standard InChI is InChI=1S/C22H19N3OS/c1-16(17-7-3-2-4-8-17)25(14-19-9-5-6-12-23-19)22(26)18-10-11-20-21(13-18)27-15-24-20/h2-13,15-16H,14H2,1H3/t16-/m0/s1. The molecule has 0 N–H and O–H groups in total. The van der Waals surface area contributed by atoms with Crippen molar-refractivity contribution in [3.05, 3.63) is 95.3 Å². The van der Waals surface area contributed by atoms with Crippen LogP contribution in [0.15, 0.2) is 78.4 Å². The Balaban J connectivity index is 1.70. The largest absolute Gasteiger partial charge is 0.326 e. The molecule has 5 heteroatoms. The number of thiazole rings is 1. The summed E-state index contributed by atoms with van der Waals surface area (Å²) in [5.41, 5.74) is 5.36. The number of nitrogens with zero attached hydrogens (tertiary/aromatic N) is 3. The lowest BCUT2D eigenvalue weighted by Gasteiger charge is -2.29. The first kappa shape index (κ1) is 17.4. The van der Waals surface area contributed by atoms with E-state index in [1.165, 1.54) is 0 Å². The maximum atomic E-state index is 13.4. The molecule has 0 saturated carbocycles. The van der Waals surface area contributed by atoms with Crippen LogP contribution in [0.4, 0.5) is 0 Å². The van der Waals surface area contributed by atoms with Gasteiger partial charge in [-0.2, -0.15) is 0 Å². The van der Waals surface area contributed by atoms with Crippen molar-refractivity contribution < 1.29 is 4.79 Å². The molecule has 1 atom stereocenters. The molecule has 0 aliphatic carbocycles. The predicted molar refractivity (Wildman–Crippen MR) is 109 cm³/mol. The lowest BCUT2D eigenvalue weighted by Crippen LogP contribution is -2.33. The van der Waals surface area contributed by atoms with Gasteiger partial charge in [0.1, 0.15) is 0 Å². The Labute approximate surface area is 162 Å². The topological polar surface area (TPSA) is 46.1 Å². The summed E-state index contributed by atoms with van der Waals surface area (Å²) in [6, 6.07) is 21.5. The molecule has 0 unspecified atom stereocenters. The summed E-state index contributed by atoms with van der Waals surface area (Å²) in [5, 5.41) is 0. The second kappa shape index (κ2) is 7.68. The highest BCUT2D eigenvalue weighted by Gasteiger charge is 2.24. The van der Waals surface area contributed by atoms with Crippen molar-refractivity contribution in [3.8, 4) is 0 Å². The van der Waals surface area contributed by atoms with Crippen molar-refractivity contribution in [2.24, 2.45) is 0 Å². The Bertz CT molecular complexity index is 1050. The zero-order valence-corrected chi connectivity index (χ0v) is 15.8. The number of rotatable bonds is 5. The first-order valence-corrected chi connectivity index (χ1v) is 9.69. The molecular formula is C22H19N3OS. The van der Waals surface area contributed by atoms with Gasteiger partial charge in [-0.15, -0.1) is 11.3 Å². The summed E-state index contributed by atoms with van der Waals surface area (Å²) in [6.07, 6.45) is 1.76. The van der Waals surface area contributed by atoms with E-state index in [9.17, 15) is 4.79 Å². The van der Waals surface area contributed by atoms with Gasteiger partial charge in [-0.25, -0.2) is 4.98 Å². The molecule has 0 bridgehead atoms. The number of hydrogen-bond acceptors (Lipinski definition) is 4. The molecule has 0 radical (unpaired) electrons. The smallest absolute Gasteiger partial charge is 0.254 e.